The molecule has 3 rings (SSSR count). The number of sulfonamides is 1. The molecule has 0 spiro atoms. The number of aryl methyl sites for hydroxylation is 1. The smallest absolute Gasteiger partial charge is 0.262 e. The average Bonchev–Trinajstić information content (AvgIpc) is 3.07. The van der Waals surface area contributed by atoms with Crippen molar-refractivity contribution in [3.05, 3.63) is 36.5 Å². The van der Waals surface area contributed by atoms with E-state index in [1.807, 2.05) is 18.3 Å². The topological polar surface area (TPSA) is 60.1 Å². The van der Waals surface area contributed by atoms with Crippen LogP contribution in [0.15, 0.2) is 35.9 Å². The largest absolute Gasteiger partial charge is 0.349 e. The third kappa shape index (κ3) is 2.40. The molecular formula is C14H20N4O2S. The van der Waals surface area contributed by atoms with Crippen molar-refractivity contribution in [3.63, 3.8) is 0 Å². The third-order valence-corrected chi connectivity index (χ3v) is 5.73. The SMILES string of the molecule is CCC[C@@H]1c2cccn2CCN1S(=O)(=O)c1cn(C)cn1. The lowest BCUT2D eigenvalue weighted by atomic mass is 10.1. The van der Waals surface area contributed by atoms with Gasteiger partial charge in [-0.25, -0.2) is 13.4 Å². The summed E-state index contributed by atoms with van der Waals surface area (Å²) in [4.78, 5) is 4.03. The summed E-state index contributed by atoms with van der Waals surface area (Å²) in [7, 11) is -1.77. The zero-order valence-corrected chi connectivity index (χ0v) is 13.1. The molecule has 0 saturated heterocycles. The van der Waals surface area contributed by atoms with Crippen molar-refractivity contribution < 1.29 is 8.42 Å². The second-order valence-electron chi connectivity index (χ2n) is 5.42. The molecule has 7 heteroatoms. The lowest BCUT2D eigenvalue weighted by molar-refractivity contribution is 0.252. The fourth-order valence-electron chi connectivity index (χ4n) is 2.94. The molecule has 0 radical (unpaired) electrons. The lowest BCUT2D eigenvalue weighted by Gasteiger charge is -2.35. The van der Waals surface area contributed by atoms with Gasteiger partial charge < -0.3 is 9.13 Å². The van der Waals surface area contributed by atoms with Crippen LogP contribution in [0.3, 0.4) is 0 Å². The molecular weight excluding hydrogens is 288 g/mol. The number of rotatable bonds is 4. The van der Waals surface area contributed by atoms with E-state index in [2.05, 4.69) is 16.5 Å². The summed E-state index contributed by atoms with van der Waals surface area (Å²) in [5, 5.41) is 0.131. The fourth-order valence-corrected chi connectivity index (χ4v) is 4.53. The van der Waals surface area contributed by atoms with Gasteiger partial charge in [-0.1, -0.05) is 13.3 Å². The van der Waals surface area contributed by atoms with Crippen molar-refractivity contribution in [2.45, 2.75) is 37.4 Å². The number of imidazole rings is 1. The first kappa shape index (κ1) is 14.3. The van der Waals surface area contributed by atoms with Crippen molar-refractivity contribution in [1.82, 2.24) is 18.4 Å². The monoisotopic (exact) mass is 308 g/mol. The Kier molecular flexibility index (Phi) is 3.62. The van der Waals surface area contributed by atoms with Gasteiger partial charge in [-0.05, 0) is 18.6 Å². The summed E-state index contributed by atoms with van der Waals surface area (Å²) in [6, 6.07) is 3.89. The number of hydrogen-bond acceptors (Lipinski definition) is 3. The van der Waals surface area contributed by atoms with Gasteiger partial charge in [0.2, 0.25) is 0 Å². The summed E-state index contributed by atoms with van der Waals surface area (Å²) in [6.07, 6.45) is 6.85. The molecule has 1 atom stereocenters. The van der Waals surface area contributed by atoms with Crippen molar-refractivity contribution in [3.8, 4) is 0 Å². The van der Waals surface area contributed by atoms with Gasteiger partial charge in [0.15, 0.2) is 5.03 Å². The first-order valence-corrected chi connectivity index (χ1v) is 8.63. The maximum absolute atomic E-state index is 12.9. The Morgan fingerprint density at radius 3 is 2.86 bits per heavy atom. The number of hydrogen-bond donors (Lipinski definition) is 0. The molecule has 0 aromatic carbocycles. The minimum Gasteiger partial charge on any atom is -0.349 e. The Balaban J connectivity index is 2.01. The molecule has 2 aromatic heterocycles. The zero-order valence-electron chi connectivity index (χ0n) is 12.3. The van der Waals surface area contributed by atoms with Crippen LogP contribution in [0.2, 0.25) is 0 Å². The highest BCUT2D eigenvalue weighted by Gasteiger charge is 2.37. The Hall–Kier alpha value is -1.60. The van der Waals surface area contributed by atoms with E-state index in [4.69, 9.17) is 0 Å². The molecule has 3 heterocycles. The first-order valence-electron chi connectivity index (χ1n) is 7.19. The van der Waals surface area contributed by atoms with Gasteiger partial charge >= 0.3 is 0 Å². The molecule has 0 bridgehead atoms. The van der Waals surface area contributed by atoms with Crippen LogP contribution >= 0.6 is 0 Å². The van der Waals surface area contributed by atoms with Gasteiger partial charge in [-0.15, -0.1) is 0 Å². The molecule has 0 saturated carbocycles. The van der Waals surface area contributed by atoms with E-state index in [0.717, 1.165) is 18.5 Å². The molecule has 6 nitrogen and oxygen atoms in total. The van der Waals surface area contributed by atoms with E-state index in [-0.39, 0.29) is 11.1 Å². The normalized spacial score (nSPS) is 19.6. The van der Waals surface area contributed by atoms with Crippen LogP contribution in [0.25, 0.3) is 0 Å². The summed E-state index contributed by atoms with van der Waals surface area (Å²) in [5.41, 5.74) is 1.07. The molecule has 1 aliphatic rings. The van der Waals surface area contributed by atoms with Crippen molar-refractivity contribution in [2.75, 3.05) is 6.54 Å². The highest BCUT2D eigenvalue weighted by atomic mass is 32.2. The van der Waals surface area contributed by atoms with Crippen LogP contribution in [0.1, 0.15) is 31.5 Å². The van der Waals surface area contributed by atoms with Crippen LogP contribution in [0.5, 0.6) is 0 Å². The molecule has 0 fully saturated rings. The van der Waals surface area contributed by atoms with Gasteiger partial charge in [0.05, 0.1) is 12.4 Å². The summed E-state index contributed by atoms with van der Waals surface area (Å²) in [6.45, 7) is 3.26. The van der Waals surface area contributed by atoms with E-state index in [9.17, 15) is 8.42 Å². The predicted molar refractivity (Wildman–Crippen MR) is 79.2 cm³/mol. The number of aromatic nitrogens is 3. The first-order chi connectivity index (χ1) is 10.0. The minimum absolute atomic E-state index is 0.106. The number of fused-ring (bicyclic) bond motifs is 1. The summed E-state index contributed by atoms with van der Waals surface area (Å²) >= 11 is 0. The second kappa shape index (κ2) is 5.31. The van der Waals surface area contributed by atoms with Gasteiger partial charge in [0.1, 0.15) is 0 Å². The Morgan fingerprint density at radius 2 is 2.19 bits per heavy atom. The minimum atomic E-state index is -3.55. The van der Waals surface area contributed by atoms with E-state index in [1.165, 1.54) is 6.33 Å². The van der Waals surface area contributed by atoms with Crippen LogP contribution in [-0.4, -0.2) is 33.4 Å². The van der Waals surface area contributed by atoms with Crippen LogP contribution in [-0.2, 0) is 23.6 Å². The summed E-state index contributed by atoms with van der Waals surface area (Å²) in [5.74, 6) is 0. The van der Waals surface area contributed by atoms with Crippen LogP contribution < -0.4 is 0 Å². The van der Waals surface area contributed by atoms with Gasteiger partial charge in [-0.2, -0.15) is 4.31 Å². The predicted octanol–water partition coefficient (Wildman–Crippen LogP) is 1.77. The van der Waals surface area contributed by atoms with E-state index in [1.54, 1.807) is 22.1 Å². The van der Waals surface area contributed by atoms with Crippen molar-refractivity contribution in [2.24, 2.45) is 7.05 Å². The van der Waals surface area contributed by atoms with E-state index >= 15 is 0 Å². The molecule has 0 aliphatic carbocycles. The molecule has 0 amide bonds. The zero-order chi connectivity index (χ0) is 15.0. The van der Waals surface area contributed by atoms with Gasteiger partial charge in [0.25, 0.3) is 10.0 Å². The Labute approximate surface area is 125 Å². The van der Waals surface area contributed by atoms with Gasteiger partial charge in [-0.3, -0.25) is 0 Å². The molecule has 1 aliphatic heterocycles. The van der Waals surface area contributed by atoms with Crippen molar-refractivity contribution >= 4 is 10.0 Å². The maximum Gasteiger partial charge on any atom is 0.262 e. The molecule has 114 valence electrons. The van der Waals surface area contributed by atoms with Crippen LogP contribution in [0, 0.1) is 0 Å². The number of nitrogens with zero attached hydrogens (tertiary/aromatic N) is 4. The average molecular weight is 308 g/mol. The van der Waals surface area contributed by atoms with E-state index < -0.39 is 10.0 Å². The molecule has 0 N–H and O–H groups in total. The van der Waals surface area contributed by atoms with Crippen LogP contribution in [0.4, 0.5) is 0 Å². The molecule has 21 heavy (non-hydrogen) atoms. The quantitative estimate of drug-likeness (QED) is 0.865. The lowest BCUT2D eigenvalue weighted by Crippen LogP contribution is -2.41. The maximum atomic E-state index is 12.9. The fraction of sp³-hybridized carbons (Fsp3) is 0.500. The second-order valence-corrected chi connectivity index (χ2v) is 7.26. The molecule has 0 unspecified atom stereocenters. The van der Waals surface area contributed by atoms with Crippen molar-refractivity contribution in [1.29, 1.82) is 0 Å². The standard InChI is InChI=1S/C14H20N4O2S/c1-3-5-13-12-6-4-7-17(12)8-9-18(13)21(19,20)14-10-16(2)11-15-14/h4,6-7,10-11,13H,3,5,8-9H2,1-2H3/t13-/m1/s1. The van der Waals surface area contributed by atoms with Gasteiger partial charge in [0, 0.05) is 38.2 Å². The third-order valence-electron chi connectivity index (χ3n) is 3.93. The Bertz CT molecular complexity index is 732. The summed E-state index contributed by atoms with van der Waals surface area (Å²) < 4.78 is 31.1. The highest BCUT2D eigenvalue weighted by molar-refractivity contribution is 7.89. The van der Waals surface area contributed by atoms with E-state index in [0.29, 0.717) is 13.1 Å². The Morgan fingerprint density at radius 1 is 1.38 bits per heavy atom. The highest BCUT2D eigenvalue weighted by Crippen LogP contribution is 2.34. The molecule has 2 aromatic rings.